The second-order valence-corrected chi connectivity index (χ2v) is 14.8. The van der Waals surface area contributed by atoms with Crippen molar-refractivity contribution in [3.8, 4) is 51.4 Å². The average Bonchev–Trinajstić information content (AvgIpc) is 3.21. The third kappa shape index (κ3) is 6.53. The molecular weight excluding hydrogens is 824 g/mol. The van der Waals surface area contributed by atoms with Crippen molar-refractivity contribution in [2.75, 3.05) is 13.2 Å². The van der Waals surface area contributed by atoms with Gasteiger partial charge in [-0.15, -0.1) is 0 Å². The Labute approximate surface area is 338 Å². The van der Waals surface area contributed by atoms with E-state index in [1.165, 1.54) is 0 Å². The maximum absolute atomic E-state index is 14.7. The zero-order valence-corrected chi connectivity index (χ0v) is 31.0. The fraction of sp³-hybridized carbons (Fsp3) is 0.421. The van der Waals surface area contributed by atoms with E-state index in [1.807, 2.05) is 0 Å². The van der Waals surface area contributed by atoms with E-state index in [0.717, 1.165) is 12.1 Å². The summed E-state index contributed by atoms with van der Waals surface area (Å²) in [6.45, 7) is -1.79. The molecule has 4 heterocycles. The van der Waals surface area contributed by atoms with Crippen LogP contribution in [0.25, 0.3) is 44.0 Å². The number of benzene rings is 3. The van der Waals surface area contributed by atoms with E-state index in [1.54, 1.807) is 0 Å². The first-order valence-corrected chi connectivity index (χ1v) is 18.5. The molecule has 3 aliphatic rings. The number of phenolic OH excluding ortho intramolecular Hbond substituents is 6. The van der Waals surface area contributed by atoms with Crippen LogP contribution in [0.4, 0.5) is 0 Å². The summed E-state index contributed by atoms with van der Waals surface area (Å²) < 4.78 is 33.9. The van der Waals surface area contributed by atoms with Crippen molar-refractivity contribution in [3.05, 3.63) is 50.0 Å². The molecular formula is C38H38O23. The summed E-state index contributed by atoms with van der Waals surface area (Å²) in [5.41, 5.74) is -6.62. The fourth-order valence-electron chi connectivity index (χ4n) is 7.94. The van der Waals surface area contributed by atoms with Crippen LogP contribution in [0.2, 0.25) is 0 Å². The highest BCUT2D eigenvalue weighted by Crippen LogP contribution is 2.55. The van der Waals surface area contributed by atoms with Gasteiger partial charge in [-0.25, -0.2) is 0 Å². The highest BCUT2D eigenvalue weighted by molar-refractivity contribution is 6.08. The molecule has 8 rings (SSSR count). The fourth-order valence-corrected chi connectivity index (χ4v) is 7.94. The molecule has 0 saturated carbocycles. The molecule has 2 aromatic heterocycles. The van der Waals surface area contributed by atoms with Gasteiger partial charge in [0.25, 0.3) is 0 Å². The zero-order valence-electron chi connectivity index (χ0n) is 31.0. The van der Waals surface area contributed by atoms with Gasteiger partial charge in [-0.05, 0) is 18.9 Å². The molecule has 1 aliphatic carbocycles. The van der Waals surface area contributed by atoms with Crippen molar-refractivity contribution < 1.29 is 104 Å². The van der Waals surface area contributed by atoms with Crippen LogP contribution < -0.4 is 15.6 Å². The number of hydrogen-bond acceptors (Lipinski definition) is 23. The molecule has 0 radical (unpaired) electrons. The molecule has 23 heteroatoms. The lowest BCUT2D eigenvalue weighted by Gasteiger charge is -2.41. The minimum Gasteiger partial charge on any atom is -0.508 e. The third-order valence-corrected chi connectivity index (χ3v) is 11.1. The van der Waals surface area contributed by atoms with Crippen molar-refractivity contribution in [3.63, 3.8) is 0 Å². The van der Waals surface area contributed by atoms with Crippen LogP contribution in [-0.2, 0) is 14.2 Å². The van der Waals surface area contributed by atoms with Crippen molar-refractivity contribution in [2.24, 2.45) is 0 Å². The third-order valence-electron chi connectivity index (χ3n) is 11.1. The molecule has 3 aromatic carbocycles. The molecule has 5 aromatic rings. The van der Waals surface area contributed by atoms with E-state index in [2.05, 4.69) is 0 Å². The molecule has 61 heavy (non-hydrogen) atoms. The Bertz CT molecular complexity index is 2670. The molecule has 12 unspecified atom stereocenters. The summed E-state index contributed by atoms with van der Waals surface area (Å²) in [5.74, 6) is -7.73. The van der Waals surface area contributed by atoms with E-state index in [9.17, 15) is 86.2 Å². The van der Waals surface area contributed by atoms with E-state index in [-0.39, 0.29) is 12.8 Å². The van der Waals surface area contributed by atoms with Gasteiger partial charge in [0, 0.05) is 17.7 Å². The van der Waals surface area contributed by atoms with E-state index >= 15 is 0 Å². The van der Waals surface area contributed by atoms with E-state index in [0.29, 0.717) is 6.07 Å². The van der Waals surface area contributed by atoms with Crippen LogP contribution in [0.5, 0.6) is 40.2 Å². The lowest BCUT2D eigenvalue weighted by molar-refractivity contribution is -0.314. The molecule has 2 aliphatic heterocycles. The van der Waals surface area contributed by atoms with Crippen molar-refractivity contribution >= 4 is 32.9 Å². The maximum atomic E-state index is 14.7. The van der Waals surface area contributed by atoms with Crippen LogP contribution in [0.15, 0.2) is 36.6 Å². The lowest BCUT2D eigenvalue weighted by atomic mass is 9.89. The maximum Gasteiger partial charge on any atom is 0.229 e. The Hall–Kier alpha value is -5.54. The number of aliphatic hydroxyl groups is 9. The van der Waals surface area contributed by atoms with Gasteiger partial charge in [0.2, 0.25) is 22.9 Å². The Morgan fingerprint density at radius 1 is 0.607 bits per heavy atom. The van der Waals surface area contributed by atoms with Crippen molar-refractivity contribution in [2.45, 2.75) is 86.5 Å². The number of hydrogen-bond donors (Lipinski definition) is 15. The van der Waals surface area contributed by atoms with Gasteiger partial charge in [0.05, 0.1) is 30.4 Å². The Balaban J connectivity index is 1.39. The topological polar surface area (TPSA) is 401 Å². The van der Waals surface area contributed by atoms with E-state index < -0.39 is 193 Å². The highest BCUT2D eigenvalue weighted by atomic mass is 16.7. The number of fused-ring (bicyclic) bond motifs is 4. The van der Waals surface area contributed by atoms with Crippen LogP contribution in [-0.4, -0.2) is 151 Å². The summed E-state index contributed by atoms with van der Waals surface area (Å²) in [4.78, 5) is 28.6. The van der Waals surface area contributed by atoms with E-state index in [4.69, 9.17) is 27.8 Å². The van der Waals surface area contributed by atoms with Gasteiger partial charge in [-0.2, -0.15) is 0 Å². The summed E-state index contributed by atoms with van der Waals surface area (Å²) in [7, 11) is 0. The molecule has 2 saturated heterocycles. The predicted octanol–water partition coefficient (Wildman–Crippen LogP) is -2.18. The first-order chi connectivity index (χ1) is 28.9. The van der Waals surface area contributed by atoms with Crippen LogP contribution in [0.3, 0.4) is 0 Å². The summed E-state index contributed by atoms with van der Waals surface area (Å²) >= 11 is 0. The predicted molar refractivity (Wildman–Crippen MR) is 198 cm³/mol. The number of ether oxygens (including phenoxy) is 4. The van der Waals surface area contributed by atoms with Gasteiger partial charge in [-0.1, -0.05) is 0 Å². The second-order valence-electron chi connectivity index (χ2n) is 14.8. The zero-order chi connectivity index (χ0) is 44.1. The van der Waals surface area contributed by atoms with Crippen LogP contribution >= 0.6 is 0 Å². The molecule has 328 valence electrons. The minimum atomic E-state index is -2.18. The van der Waals surface area contributed by atoms with Gasteiger partial charge in [0.1, 0.15) is 99.7 Å². The Morgan fingerprint density at radius 3 is 1.85 bits per heavy atom. The van der Waals surface area contributed by atoms with Crippen LogP contribution in [0.1, 0.15) is 36.4 Å². The Morgan fingerprint density at radius 2 is 1.21 bits per heavy atom. The second kappa shape index (κ2) is 15.4. The number of aliphatic hydroxyl groups excluding tert-OH is 9. The molecule has 0 bridgehead atoms. The monoisotopic (exact) mass is 862 g/mol. The first-order valence-electron chi connectivity index (χ1n) is 18.5. The molecule has 0 spiro atoms. The average molecular weight is 863 g/mol. The van der Waals surface area contributed by atoms with Crippen LogP contribution in [0, 0.1) is 0 Å². The summed E-state index contributed by atoms with van der Waals surface area (Å²) in [6, 6.07) is 2.42. The summed E-state index contributed by atoms with van der Waals surface area (Å²) in [5, 5.41) is 158. The van der Waals surface area contributed by atoms with Gasteiger partial charge in [-0.3, -0.25) is 9.59 Å². The number of rotatable bonds is 7. The highest BCUT2D eigenvalue weighted by Gasteiger charge is 2.48. The molecule has 12 atom stereocenters. The van der Waals surface area contributed by atoms with Crippen molar-refractivity contribution in [1.82, 2.24) is 0 Å². The molecule has 2 fully saturated rings. The molecule has 15 N–H and O–H groups in total. The smallest absolute Gasteiger partial charge is 0.229 e. The van der Waals surface area contributed by atoms with Gasteiger partial charge >= 0.3 is 0 Å². The first kappa shape index (κ1) is 42.2. The van der Waals surface area contributed by atoms with Crippen molar-refractivity contribution in [1.29, 1.82) is 0 Å². The molecule has 0 amide bonds. The summed E-state index contributed by atoms with van der Waals surface area (Å²) in [6.07, 6.45) is -22.4. The SMILES string of the molecule is O=c1c2c(oc3c(-c4cc(O)c5oc6cc(O)cc(O)c6c(=O)c5c4O)c(O)c(OC4OC(CO)C(O)C(O)C4O)c(O)c13)C(O)CCC2OC1OC(CO)C(O)C(O)C1O. The quantitative estimate of drug-likeness (QED) is 0.0611. The van der Waals surface area contributed by atoms with Gasteiger partial charge in [0.15, 0.2) is 34.7 Å². The molecule has 23 nitrogen and oxygen atoms in total. The minimum absolute atomic E-state index is 0.229. The number of aromatic hydroxyl groups is 6. The van der Waals surface area contributed by atoms with Gasteiger partial charge < -0.3 is 104 Å². The number of phenols is 6. The normalized spacial score (nSPS) is 30.5. The lowest BCUT2D eigenvalue weighted by Crippen LogP contribution is -2.60. The Kier molecular flexibility index (Phi) is 10.7. The standard InChI is InChI=1S/C38H38O23/c39-6-15-23(46)29(52)31(54)37(58-15)57-13-2-1-10(42)33-19(13)26(49)21-28(51)36(61-38-32(55)30(53)24(47)16(7-40)59-38)27(50)17(35(21)60-33)9-5-12(44)34-20(22(9)45)25(48)18-11(43)3-8(41)4-14(18)56-34/h3-5,10,13,15-16,23-24,29-32,37-47,50-55H,1-2,6-7H2. The largest absolute Gasteiger partial charge is 0.508 e.